The Morgan fingerprint density at radius 1 is 0.645 bits per heavy atom. The van der Waals surface area contributed by atoms with Crippen molar-refractivity contribution in [3.63, 3.8) is 0 Å². The van der Waals surface area contributed by atoms with Crippen molar-refractivity contribution >= 4 is 0 Å². The van der Waals surface area contributed by atoms with E-state index in [0.29, 0.717) is 0 Å². The zero-order valence-corrected chi connectivity index (χ0v) is 15.8. The minimum Gasteiger partial charge on any atom is -0.487 e. The van der Waals surface area contributed by atoms with Crippen molar-refractivity contribution < 1.29 is 46.0 Å². The fourth-order valence-electron chi connectivity index (χ4n) is 2.32. The first-order valence-electron chi connectivity index (χ1n) is 8.73. The third kappa shape index (κ3) is 5.79. The summed E-state index contributed by atoms with van der Waals surface area (Å²) < 4.78 is 92.8. The summed E-state index contributed by atoms with van der Waals surface area (Å²) >= 11 is 0. The molecule has 172 valence electrons. The largest absolute Gasteiger partial charge is 0.487 e. The van der Waals surface area contributed by atoms with Gasteiger partial charge in [-0.1, -0.05) is 24.3 Å². The van der Waals surface area contributed by atoms with Gasteiger partial charge in [-0.2, -0.15) is 26.3 Å². The number of nitrogens with two attached hydrogens (primary N) is 2. The molecule has 0 fully saturated rings. The molecule has 6 nitrogen and oxygen atoms in total. The first kappa shape index (κ1) is 24.7. The number of benzene rings is 2. The van der Waals surface area contributed by atoms with Gasteiger partial charge in [-0.15, -0.1) is 0 Å². The molecule has 0 saturated carbocycles. The lowest BCUT2D eigenvalue weighted by atomic mass is 10.1. The number of aliphatic hydroxyl groups excluding tert-OH is 2. The summed E-state index contributed by atoms with van der Waals surface area (Å²) in [6.45, 7) is -4.08. The SMILES string of the molecule is NC(O)c1ccc(OCC(F)(F)C(F)(F)C(F)(F)COc2ccc(C(N)O)cc2)cc1. The van der Waals surface area contributed by atoms with E-state index in [1.54, 1.807) is 0 Å². The van der Waals surface area contributed by atoms with Crippen LogP contribution in [0.4, 0.5) is 26.3 Å². The Hall–Kier alpha value is -2.54. The molecular weight excluding hydrogens is 434 g/mol. The summed E-state index contributed by atoms with van der Waals surface area (Å²) in [4.78, 5) is 0. The molecule has 0 aliphatic rings. The van der Waals surface area contributed by atoms with Crippen molar-refractivity contribution in [3.05, 3.63) is 59.7 Å². The highest BCUT2D eigenvalue weighted by Gasteiger charge is 2.72. The van der Waals surface area contributed by atoms with Crippen molar-refractivity contribution in [2.24, 2.45) is 11.5 Å². The van der Waals surface area contributed by atoms with Gasteiger partial charge in [0.15, 0.2) is 13.2 Å². The molecule has 0 bridgehead atoms. The molecule has 2 atom stereocenters. The van der Waals surface area contributed by atoms with Crippen LogP contribution >= 0.6 is 0 Å². The van der Waals surface area contributed by atoms with E-state index in [-0.39, 0.29) is 22.6 Å². The Labute approximate surface area is 173 Å². The third-order valence-corrected chi connectivity index (χ3v) is 4.20. The topological polar surface area (TPSA) is 111 Å². The highest BCUT2D eigenvalue weighted by atomic mass is 19.3. The maximum Gasteiger partial charge on any atom is 0.378 e. The summed E-state index contributed by atoms with van der Waals surface area (Å²) in [5, 5.41) is 18.3. The Morgan fingerprint density at radius 2 is 0.935 bits per heavy atom. The summed E-state index contributed by atoms with van der Waals surface area (Å²) in [6.07, 6.45) is -2.70. The molecule has 0 aliphatic carbocycles. The minimum atomic E-state index is -5.80. The normalized spacial score (nSPS) is 14.8. The average molecular weight is 454 g/mol. The van der Waals surface area contributed by atoms with Gasteiger partial charge in [0.1, 0.15) is 24.0 Å². The number of ether oxygens (including phenoxy) is 2. The van der Waals surface area contributed by atoms with Crippen molar-refractivity contribution in [2.45, 2.75) is 30.2 Å². The number of hydrogen-bond acceptors (Lipinski definition) is 6. The lowest BCUT2D eigenvalue weighted by Crippen LogP contribution is -2.58. The van der Waals surface area contributed by atoms with E-state index in [0.717, 1.165) is 24.3 Å². The van der Waals surface area contributed by atoms with E-state index >= 15 is 0 Å². The Balaban J connectivity index is 2.03. The van der Waals surface area contributed by atoms with Crippen LogP contribution in [0.2, 0.25) is 0 Å². The van der Waals surface area contributed by atoms with Crippen LogP contribution in [0.3, 0.4) is 0 Å². The van der Waals surface area contributed by atoms with Crippen LogP contribution in [-0.2, 0) is 0 Å². The van der Waals surface area contributed by atoms with Crippen molar-refractivity contribution in [3.8, 4) is 11.5 Å². The zero-order valence-electron chi connectivity index (χ0n) is 15.8. The Morgan fingerprint density at radius 3 is 1.19 bits per heavy atom. The van der Waals surface area contributed by atoms with E-state index in [1.807, 2.05) is 0 Å². The smallest absolute Gasteiger partial charge is 0.378 e. The molecule has 0 spiro atoms. The molecule has 0 heterocycles. The molecule has 31 heavy (non-hydrogen) atoms. The van der Waals surface area contributed by atoms with Crippen LogP contribution in [-0.4, -0.2) is 41.2 Å². The molecule has 6 N–H and O–H groups in total. The second-order valence-electron chi connectivity index (χ2n) is 6.59. The van der Waals surface area contributed by atoms with E-state index in [1.165, 1.54) is 24.3 Å². The predicted octanol–water partition coefficient (Wildman–Crippen LogP) is 2.95. The molecule has 0 radical (unpaired) electrons. The summed E-state index contributed by atoms with van der Waals surface area (Å²) in [5.41, 5.74) is 10.8. The highest BCUT2D eigenvalue weighted by Crippen LogP contribution is 2.46. The van der Waals surface area contributed by atoms with Gasteiger partial charge in [0.2, 0.25) is 0 Å². The molecule has 0 amide bonds. The molecule has 2 aromatic rings. The van der Waals surface area contributed by atoms with Crippen LogP contribution < -0.4 is 20.9 Å². The van der Waals surface area contributed by atoms with Crippen LogP contribution in [0.1, 0.15) is 23.6 Å². The second-order valence-corrected chi connectivity index (χ2v) is 6.59. The minimum absolute atomic E-state index is 0.196. The van der Waals surface area contributed by atoms with Crippen LogP contribution in [0.15, 0.2) is 48.5 Å². The van der Waals surface area contributed by atoms with Gasteiger partial charge in [-0.05, 0) is 35.4 Å². The lowest BCUT2D eigenvalue weighted by molar-refractivity contribution is -0.319. The number of hydrogen-bond donors (Lipinski definition) is 4. The number of rotatable bonds is 10. The van der Waals surface area contributed by atoms with E-state index in [4.69, 9.17) is 21.7 Å². The second kappa shape index (κ2) is 9.30. The molecule has 2 rings (SSSR count). The monoisotopic (exact) mass is 454 g/mol. The first-order chi connectivity index (χ1) is 14.3. The number of aliphatic hydroxyl groups is 2. The quantitative estimate of drug-likeness (QED) is 0.325. The number of halogens is 6. The highest BCUT2D eigenvalue weighted by molar-refractivity contribution is 5.29. The molecule has 0 saturated heterocycles. The van der Waals surface area contributed by atoms with Crippen molar-refractivity contribution in [1.82, 2.24) is 0 Å². The standard InChI is InChI=1S/C19H20F6N2O4/c20-17(21,9-30-13-5-1-11(2-6-13)15(26)28)19(24,25)18(22,23)10-31-14-7-3-12(4-8-14)16(27)29/h1-8,15-16,28-29H,9-10,26-27H2. The predicted molar refractivity (Wildman–Crippen MR) is 97.0 cm³/mol. The maximum absolute atomic E-state index is 14.0. The molecule has 0 aromatic heterocycles. The zero-order chi connectivity index (χ0) is 23.4. The van der Waals surface area contributed by atoms with Gasteiger partial charge >= 0.3 is 17.8 Å². The van der Waals surface area contributed by atoms with Crippen LogP contribution in [0.25, 0.3) is 0 Å². The number of alkyl halides is 6. The molecule has 12 heteroatoms. The molecular formula is C19H20F6N2O4. The lowest BCUT2D eigenvalue weighted by Gasteiger charge is -2.32. The van der Waals surface area contributed by atoms with Gasteiger partial charge in [0.25, 0.3) is 0 Å². The molecule has 0 aliphatic heterocycles. The van der Waals surface area contributed by atoms with Crippen LogP contribution in [0.5, 0.6) is 11.5 Å². The Kier molecular flexibility index (Phi) is 7.42. The molecule has 2 unspecified atom stereocenters. The maximum atomic E-state index is 14.0. The fraction of sp³-hybridized carbons (Fsp3) is 0.368. The van der Waals surface area contributed by atoms with Crippen molar-refractivity contribution in [2.75, 3.05) is 13.2 Å². The van der Waals surface area contributed by atoms with Crippen LogP contribution in [0, 0.1) is 0 Å². The van der Waals surface area contributed by atoms with Gasteiger partial charge in [-0.25, -0.2) is 0 Å². The molecule has 2 aromatic carbocycles. The van der Waals surface area contributed by atoms with E-state index < -0.39 is 43.4 Å². The van der Waals surface area contributed by atoms with Gasteiger partial charge in [0.05, 0.1) is 0 Å². The summed E-state index contributed by atoms with van der Waals surface area (Å²) in [5.74, 6) is -16.9. The van der Waals surface area contributed by atoms with Crippen molar-refractivity contribution in [1.29, 1.82) is 0 Å². The summed E-state index contributed by atoms with van der Waals surface area (Å²) in [6, 6.07) is 8.99. The third-order valence-electron chi connectivity index (χ3n) is 4.20. The Bertz CT molecular complexity index is 776. The van der Waals surface area contributed by atoms with Gasteiger partial charge in [0, 0.05) is 0 Å². The summed E-state index contributed by atoms with van der Waals surface area (Å²) in [7, 11) is 0. The fourth-order valence-corrected chi connectivity index (χ4v) is 2.32. The van der Waals surface area contributed by atoms with Gasteiger partial charge in [-0.3, -0.25) is 0 Å². The van der Waals surface area contributed by atoms with Gasteiger partial charge < -0.3 is 31.2 Å². The first-order valence-corrected chi connectivity index (χ1v) is 8.73. The average Bonchev–Trinajstić information content (AvgIpc) is 2.71. The van der Waals surface area contributed by atoms with E-state index in [2.05, 4.69) is 9.47 Å². The van der Waals surface area contributed by atoms with E-state index in [9.17, 15) is 26.3 Å².